The van der Waals surface area contributed by atoms with Crippen LogP contribution in [0.5, 0.6) is 5.75 Å². The molecular formula is C16H22N2OS. The molecule has 0 radical (unpaired) electrons. The number of hydrogen-bond acceptors (Lipinski definition) is 4. The van der Waals surface area contributed by atoms with Crippen molar-refractivity contribution < 1.29 is 4.74 Å². The van der Waals surface area contributed by atoms with Gasteiger partial charge in [-0.05, 0) is 18.5 Å². The van der Waals surface area contributed by atoms with Gasteiger partial charge in [-0.15, -0.1) is 11.3 Å². The normalized spacial score (nSPS) is 11.0. The molecule has 0 saturated heterocycles. The standard InChI is InChI=1S/C16H22N2OS/c1-12(2)9-17-10-14-11-18-16(20-14)8-13-6-4-5-7-15(13)19-3/h4-7,11-12,17H,8-10H2,1-3H3. The van der Waals surface area contributed by atoms with Crippen LogP contribution in [-0.2, 0) is 13.0 Å². The van der Waals surface area contributed by atoms with Crippen LogP contribution >= 0.6 is 11.3 Å². The number of thiazole rings is 1. The van der Waals surface area contributed by atoms with E-state index in [0.29, 0.717) is 5.92 Å². The summed E-state index contributed by atoms with van der Waals surface area (Å²) in [4.78, 5) is 5.80. The molecule has 1 N–H and O–H groups in total. The number of benzene rings is 1. The van der Waals surface area contributed by atoms with Gasteiger partial charge >= 0.3 is 0 Å². The first-order chi connectivity index (χ1) is 9.69. The summed E-state index contributed by atoms with van der Waals surface area (Å²) in [6, 6.07) is 8.12. The molecule has 0 unspecified atom stereocenters. The molecular weight excluding hydrogens is 268 g/mol. The number of ether oxygens (including phenoxy) is 1. The van der Waals surface area contributed by atoms with Crippen LogP contribution in [0, 0.1) is 5.92 Å². The Morgan fingerprint density at radius 3 is 2.85 bits per heavy atom. The fraction of sp³-hybridized carbons (Fsp3) is 0.438. The molecule has 4 heteroatoms. The predicted molar refractivity (Wildman–Crippen MR) is 84.5 cm³/mol. The van der Waals surface area contributed by atoms with Gasteiger partial charge in [-0.2, -0.15) is 0 Å². The van der Waals surface area contributed by atoms with Crippen LogP contribution in [-0.4, -0.2) is 18.6 Å². The topological polar surface area (TPSA) is 34.1 Å². The molecule has 20 heavy (non-hydrogen) atoms. The lowest BCUT2D eigenvalue weighted by molar-refractivity contribution is 0.410. The number of hydrogen-bond donors (Lipinski definition) is 1. The monoisotopic (exact) mass is 290 g/mol. The number of nitrogens with zero attached hydrogens (tertiary/aromatic N) is 1. The first-order valence-electron chi connectivity index (χ1n) is 6.95. The number of rotatable bonds is 7. The Kier molecular flexibility index (Phi) is 5.56. The second kappa shape index (κ2) is 7.41. The third-order valence-corrected chi connectivity index (χ3v) is 3.98. The summed E-state index contributed by atoms with van der Waals surface area (Å²) in [6.07, 6.45) is 2.81. The Hall–Kier alpha value is -1.39. The maximum absolute atomic E-state index is 5.38. The van der Waals surface area contributed by atoms with Gasteiger partial charge in [0.2, 0.25) is 0 Å². The van der Waals surface area contributed by atoms with E-state index in [0.717, 1.165) is 30.3 Å². The van der Waals surface area contributed by atoms with Gasteiger partial charge < -0.3 is 10.1 Å². The Bertz CT molecular complexity index is 537. The highest BCUT2D eigenvalue weighted by molar-refractivity contribution is 7.11. The highest BCUT2D eigenvalue weighted by atomic mass is 32.1. The summed E-state index contributed by atoms with van der Waals surface area (Å²) in [5, 5.41) is 4.58. The third-order valence-electron chi connectivity index (χ3n) is 2.99. The summed E-state index contributed by atoms with van der Waals surface area (Å²) in [5.41, 5.74) is 1.19. The number of para-hydroxylation sites is 1. The largest absolute Gasteiger partial charge is 0.496 e. The highest BCUT2D eigenvalue weighted by Gasteiger charge is 2.07. The van der Waals surface area contributed by atoms with Gasteiger partial charge in [0.25, 0.3) is 0 Å². The molecule has 0 aliphatic carbocycles. The Labute approximate surface area is 125 Å². The lowest BCUT2D eigenvalue weighted by Gasteiger charge is -2.06. The van der Waals surface area contributed by atoms with Crippen molar-refractivity contribution >= 4 is 11.3 Å². The second-order valence-corrected chi connectivity index (χ2v) is 6.43. The minimum absolute atomic E-state index is 0.677. The molecule has 0 saturated carbocycles. The molecule has 0 spiro atoms. The van der Waals surface area contributed by atoms with E-state index in [2.05, 4.69) is 30.2 Å². The van der Waals surface area contributed by atoms with Crippen molar-refractivity contribution in [3.05, 3.63) is 45.9 Å². The smallest absolute Gasteiger partial charge is 0.122 e. The van der Waals surface area contributed by atoms with Crippen LogP contribution in [0.3, 0.4) is 0 Å². The van der Waals surface area contributed by atoms with Crippen molar-refractivity contribution in [2.24, 2.45) is 5.92 Å². The van der Waals surface area contributed by atoms with E-state index in [9.17, 15) is 0 Å². The van der Waals surface area contributed by atoms with Crippen molar-refractivity contribution in [1.29, 1.82) is 0 Å². The fourth-order valence-corrected chi connectivity index (χ4v) is 2.92. The maximum atomic E-state index is 5.38. The van der Waals surface area contributed by atoms with E-state index in [1.807, 2.05) is 24.4 Å². The predicted octanol–water partition coefficient (Wildman–Crippen LogP) is 3.49. The highest BCUT2D eigenvalue weighted by Crippen LogP contribution is 2.23. The summed E-state index contributed by atoms with van der Waals surface area (Å²) in [5.74, 6) is 1.61. The first kappa shape index (κ1) is 15.0. The van der Waals surface area contributed by atoms with E-state index in [4.69, 9.17) is 4.74 Å². The minimum atomic E-state index is 0.677. The molecule has 3 nitrogen and oxygen atoms in total. The molecule has 0 aliphatic rings. The van der Waals surface area contributed by atoms with Crippen LogP contribution in [0.4, 0.5) is 0 Å². The quantitative estimate of drug-likeness (QED) is 0.847. The maximum Gasteiger partial charge on any atom is 0.122 e. The van der Waals surface area contributed by atoms with Gasteiger partial charge in [0.1, 0.15) is 5.75 Å². The Morgan fingerprint density at radius 2 is 2.10 bits per heavy atom. The zero-order chi connectivity index (χ0) is 14.4. The molecule has 0 atom stereocenters. The fourth-order valence-electron chi connectivity index (χ4n) is 2.01. The van der Waals surface area contributed by atoms with Gasteiger partial charge in [-0.3, -0.25) is 0 Å². The second-order valence-electron chi connectivity index (χ2n) is 5.23. The number of methoxy groups -OCH3 is 1. The van der Waals surface area contributed by atoms with Crippen LogP contribution in [0.1, 0.15) is 29.3 Å². The van der Waals surface area contributed by atoms with Gasteiger partial charge in [-0.25, -0.2) is 4.98 Å². The van der Waals surface area contributed by atoms with Crippen molar-refractivity contribution in [3.8, 4) is 5.75 Å². The van der Waals surface area contributed by atoms with Crippen LogP contribution in [0.2, 0.25) is 0 Å². The summed E-state index contributed by atoms with van der Waals surface area (Å²) >= 11 is 1.77. The molecule has 108 valence electrons. The Morgan fingerprint density at radius 1 is 1.30 bits per heavy atom. The van der Waals surface area contributed by atoms with Crippen LogP contribution < -0.4 is 10.1 Å². The van der Waals surface area contributed by atoms with E-state index < -0.39 is 0 Å². The zero-order valence-corrected chi connectivity index (χ0v) is 13.2. The van der Waals surface area contributed by atoms with Crippen molar-refractivity contribution in [2.45, 2.75) is 26.8 Å². The summed E-state index contributed by atoms with van der Waals surface area (Å²) in [6.45, 7) is 6.38. The molecule has 1 aromatic heterocycles. The van der Waals surface area contributed by atoms with Crippen molar-refractivity contribution in [2.75, 3.05) is 13.7 Å². The average Bonchev–Trinajstić information content (AvgIpc) is 2.86. The van der Waals surface area contributed by atoms with Crippen LogP contribution in [0.25, 0.3) is 0 Å². The summed E-state index contributed by atoms with van der Waals surface area (Å²) in [7, 11) is 1.71. The molecule has 1 heterocycles. The Balaban J connectivity index is 1.95. The van der Waals surface area contributed by atoms with E-state index in [1.165, 1.54) is 10.4 Å². The lowest BCUT2D eigenvalue weighted by Crippen LogP contribution is -2.18. The molecule has 2 rings (SSSR count). The number of nitrogens with one attached hydrogen (secondary N) is 1. The zero-order valence-electron chi connectivity index (χ0n) is 12.3. The SMILES string of the molecule is COc1ccccc1Cc1ncc(CNCC(C)C)s1. The molecule has 2 aromatic rings. The molecule has 0 bridgehead atoms. The average molecular weight is 290 g/mol. The lowest BCUT2D eigenvalue weighted by atomic mass is 10.1. The van der Waals surface area contributed by atoms with Crippen molar-refractivity contribution in [1.82, 2.24) is 10.3 Å². The molecule has 0 amide bonds. The molecule has 1 aromatic carbocycles. The minimum Gasteiger partial charge on any atom is -0.496 e. The van der Waals surface area contributed by atoms with Gasteiger partial charge in [0, 0.05) is 29.6 Å². The van der Waals surface area contributed by atoms with Gasteiger partial charge in [-0.1, -0.05) is 32.0 Å². The molecule has 0 aliphatic heterocycles. The number of aromatic nitrogens is 1. The molecule has 0 fully saturated rings. The van der Waals surface area contributed by atoms with E-state index >= 15 is 0 Å². The first-order valence-corrected chi connectivity index (χ1v) is 7.77. The van der Waals surface area contributed by atoms with Crippen molar-refractivity contribution in [3.63, 3.8) is 0 Å². The summed E-state index contributed by atoms with van der Waals surface area (Å²) < 4.78 is 5.38. The van der Waals surface area contributed by atoms with E-state index in [1.54, 1.807) is 18.4 Å². The van der Waals surface area contributed by atoms with E-state index in [-0.39, 0.29) is 0 Å². The van der Waals surface area contributed by atoms with Crippen LogP contribution in [0.15, 0.2) is 30.5 Å². The van der Waals surface area contributed by atoms with Gasteiger partial charge in [0.05, 0.1) is 12.1 Å². The third kappa shape index (κ3) is 4.32. The van der Waals surface area contributed by atoms with Gasteiger partial charge in [0.15, 0.2) is 0 Å².